The Morgan fingerprint density at radius 1 is 0.870 bits per heavy atom. The summed E-state index contributed by atoms with van der Waals surface area (Å²) in [6.07, 6.45) is -0.218. The number of imide groups is 1. The summed E-state index contributed by atoms with van der Waals surface area (Å²) in [6, 6.07) is 30.3. The number of quaternary nitrogens is 1. The highest BCUT2D eigenvalue weighted by Crippen LogP contribution is 2.32. The van der Waals surface area contributed by atoms with E-state index in [1.807, 2.05) is 91.9 Å². The number of hydrogen-bond donors (Lipinski definition) is 2. The molecule has 238 valence electrons. The lowest BCUT2D eigenvalue weighted by Gasteiger charge is -2.37. The van der Waals surface area contributed by atoms with Crippen molar-refractivity contribution in [3.8, 4) is 16.9 Å². The van der Waals surface area contributed by atoms with E-state index in [9.17, 15) is 19.5 Å². The van der Waals surface area contributed by atoms with E-state index in [-0.39, 0.29) is 19.6 Å². The van der Waals surface area contributed by atoms with Gasteiger partial charge in [0.05, 0.1) is 5.92 Å². The first-order valence-corrected chi connectivity index (χ1v) is 15.5. The fourth-order valence-electron chi connectivity index (χ4n) is 5.60. The number of fused-ring (bicyclic) bond motifs is 1. The zero-order valence-electron chi connectivity index (χ0n) is 26.8. The molecule has 3 amide bonds. The van der Waals surface area contributed by atoms with Crippen molar-refractivity contribution in [2.75, 3.05) is 13.1 Å². The molecule has 8 heteroatoms. The van der Waals surface area contributed by atoms with Crippen LogP contribution in [-0.2, 0) is 29.1 Å². The maximum Gasteiger partial charge on any atom is 0.526 e. The number of carbonyl (C=O) groups excluding carboxylic acids is 2. The number of aliphatic carboxylic acids is 1. The van der Waals surface area contributed by atoms with E-state index in [1.54, 1.807) is 32.9 Å². The third-order valence-electron chi connectivity index (χ3n) is 8.21. The highest BCUT2D eigenvalue weighted by molar-refractivity contribution is 5.82. The Labute approximate surface area is 270 Å². The van der Waals surface area contributed by atoms with E-state index < -0.39 is 34.1 Å². The number of carboxylic acid groups (broad SMARTS) is 1. The topological polar surface area (TPSA) is 102 Å². The van der Waals surface area contributed by atoms with Gasteiger partial charge >= 0.3 is 18.1 Å². The molecule has 46 heavy (non-hydrogen) atoms. The van der Waals surface area contributed by atoms with Crippen molar-refractivity contribution >= 4 is 18.1 Å². The van der Waals surface area contributed by atoms with E-state index in [4.69, 9.17) is 9.47 Å². The number of carboxylic acids is 1. The van der Waals surface area contributed by atoms with Crippen LogP contribution in [0.1, 0.15) is 54.5 Å². The molecule has 0 saturated carbocycles. The largest absolute Gasteiger partial charge is 0.526 e. The van der Waals surface area contributed by atoms with Crippen LogP contribution in [0.3, 0.4) is 0 Å². The Kier molecular flexibility index (Phi) is 9.58. The first-order chi connectivity index (χ1) is 21.9. The second kappa shape index (κ2) is 13.6. The molecule has 4 aromatic carbocycles. The van der Waals surface area contributed by atoms with Gasteiger partial charge in [0.25, 0.3) is 0 Å². The van der Waals surface area contributed by atoms with Gasteiger partial charge in [0.1, 0.15) is 31.0 Å². The molecule has 0 aromatic heterocycles. The smallest absolute Gasteiger partial charge is 0.489 e. The lowest BCUT2D eigenvalue weighted by Crippen LogP contribution is -2.63. The van der Waals surface area contributed by atoms with Crippen LogP contribution >= 0.6 is 0 Å². The Morgan fingerprint density at radius 2 is 1.54 bits per heavy atom. The number of ether oxygens (including phenoxy) is 2. The SMILES string of the molecule is Cc1ccc(COc2ccc3c(c2)C[N+](C(=O)NCC(C(=O)O)c2ccc(-c4ccccc4)cc2)(C(=O)OC(C)(C)C)CC3)cc1. The van der Waals surface area contributed by atoms with Crippen molar-refractivity contribution in [3.05, 3.63) is 125 Å². The summed E-state index contributed by atoms with van der Waals surface area (Å²) in [5.74, 6) is -1.45. The summed E-state index contributed by atoms with van der Waals surface area (Å²) in [4.78, 5) is 40.2. The van der Waals surface area contributed by atoms with Crippen molar-refractivity contribution in [2.24, 2.45) is 0 Å². The maximum absolute atomic E-state index is 14.0. The summed E-state index contributed by atoms with van der Waals surface area (Å²) in [7, 11) is 0. The van der Waals surface area contributed by atoms with Crippen LogP contribution in [0.4, 0.5) is 9.59 Å². The van der Waals surface area contributed by atoms with Crippen molar-refractivity contribution < 1.29 is 33.4 Å². The van der Waals surface area contributed by atoms with E-state index in [2.05, 4.69) is 5.32 Å². The van der Waals surface area contributed by atoms with Crippen LogP contribution in [-0.4, -0.2) is 46.4 Å². The number of benzene rings is 4. The number of amides is 3. The first kappa shape index (κ1) is 32.4. The zero-order chi connectivity index (χ0) is 32.9. The van der Waals surface area contributed by atoms with Gasteiger partial charge in [-0.05, 0) is 67.6 Å². The fourth-order valence-corrected chi connectivity index (χ4v) is 5.60. The number of carbonyl (C=O) groups is 3. The normalized spacial score (nSPS) is 16.5. The zero-order valence-corrected chi connectivity index (χ0v) is 26.8. The molecule has 0 aliphatic carbocycles. The minimum absolute atomic E-state index is 0.0569. The molecule has 0 radical (unpaired) electrons. The number of nitrogens with zero attached hydrogens (tertiary/aromatic N) is 1. The van der Waals surface area contributed by atoms with Gasteiger partial charge < -0.3 is 19.9 Å². The minimum atomic E-state index is -1.07. The van der Waals surface area contributed by atoms with Crippen LogP contribution in [0.5, 0.6) is 5.75 Å². The van der Waals surface area contributed by atoms with Crippen LogP contribution in [0.15, 0.2) is 97.1 Å². The minimum Gasteiger partial charge on any atom is -0.489 e. The Hall–Kier alpha value is -4.95. The van der Waals surface area contributed by atoms with Crippen molar-refractivity contribution in [3.63, 3.8) is 0 Å². The van der Waals surface area contributed by atoms with Crippen molar-refractivity contribution in [2.45, 2.75) is 58.8 Å². The molecule has 2 unspecified atom stereocenters. The van der Waals surface area contributed by atoms with Gasteiger partial charge in [-0.2, -0.15) is 4.79 Å². The second-order valence-corrected chi connectivity index (χ2v) is 12.8. The molecule has 1 heterocycles. The molecule has 0 fully saturated rings. The van der Waals surface area contributed by atoms with Crippen LogP contribution < -0.4 is 10.1 Å². The summed E-state index contributed by atoms with van der Waals surface area (Å²) >= 11 is 0. The second-order valence-electron chi connectivity index (χ2n) is 12.8. The highest BCUT2D eigenvalue weighted by atomic mass is 16.6. The fraction of sp³-hybridized carbons (Fsp3) is 0.289. The number of hydrogen-bond acceptors (Lipinski definition) is 5. The number of nitrogens with one attached hydrogen (secondary N) is 1. The van der Waals surface area contributed by atoms with Gasteiger partial charge in [-0.25, -0.2) is 4.79 Å². The predicted octanol–water partition coefficient (Wildman–Crippen LogP) is 7.63. The molecule has 0 saturated heterocycles. The van der Waals surface area contributed by atoms with Crippen molar-refractivity contribution in [1.82, 2.24) is 5.32 Å². The molecule has 8 nitrogen and oxygen atoms in total. The van der Waals surface area contributed by atoms with Gasteiger partial charge in [-0.15, -0.1) is 4.48 Å². The van der Waals surface area contributed by atoms with E-state index >= 15 is 0 Å². The standard InChI is InChI=1S/C38H40N2O6/c1-26-10-12-27(13-11-26)25-45-33-19-18-30-20-21-40(24-32(30)22-33,37(44)46-38(2,3)4)36(43)39-23-34(35(41)42)31-16-14-29(15-17-31)28-8-6-5-7-9-28/h5-19,22,34H,20-21,23-25H2,1-4H3,(H-,39,41,42,43)/p+1. The molecule has 5 rings (SSSR count). The highest BCUT2D eigenvalue weighted by Gasteiger charge is 2.50. The van der Waals surface area contributed by atoms with Gasteiger partial charge in [-0.1, -0.05) is 90.5 Å². The Morgan fingerprint density at radius 3 is 2.20 bits per heavy atom. The average Bonchev–Trinajstić information content (AvgIpc) is 3.04. The molecule has 1 aliphatic rings. The van der Waals surface area contributed by atoms with Gasteiger partial charge in [-0.3, -0.25) is 4.79 Å². The predicted molar refractivity (Wildman–Crippen MR) is 176 cm³/mol. The van der Waals surface area contributed by atoms with Gasteiger partial charge in [0.2, 0.25) is 0 Å². The maximum atomic E-state index is 14.0. The molecular weight excluding hydrogens is 580 g/mol. The van der Waals surface area contributed by atoms with E-state index in [0.717, 1.165) is 27.8 Å². The summed E-state index contributed by atoms with van der Waals surface area (Å²) < 4.78 is 11.2. The van der Waals surface area contributed by atoms with Crippen molar-refractivity contribution in [1.29, 1.82) is 0 Å². The van der Waals surface area contributed by atoms with E-state index in [0.29, 0.717) is 24.3 Å². The first-order valence-electron chi connectivity index (χ1n) is 15.5. The van der Waals surface area contributed by atoms with E-state index in [1.165, 1.54) is 5.56 Å². The molecule has 4 aromatic rings. The molecule has 2 atom stereocenters. The third-order valence-corrected chi connectivity index (χ3v) is 8.21. The summed E-state index contributed by atoms with van der Waals surface area (Å²) in [5.41, 5.74) is 5.73. The van der Waals surface area contributed by atoms with Gasteiger partial charge in [0.15, 0.2) is 0 Å². The number of aryl methyl sites for hydroxylation is 1. The Balaban J connectivity index is 1.35. The quantitative estimate of drug-likeness (QED) is 0.196. The lowest BCUT2D eigenvalue weighted by molar-refractivity contribution is -0.795. The summed E-state index contributed by atoms with van der Waals surface area (Å²) in [5, 5.41) is 12.9. The van der Waals surface area contributed by atoms with Crippen LogP contribution in [0, 0.1) is 6.92 Å². The Bertz CT molecular complexity index is 1690. The van der Waals surface area contributed by atoms with Gasteiger partial charge in [0, 0.05) is 18.5 Å². The van der Waals surface area contributed by atoms with Crippen LogP contribution in [0.2, 0.25) is 0 Å². The summed E-state index contributed by atoms with van der Waals surface area (Å²) in [6.45, 7) is 7.74. The molecule has 0 bridgehead atoms. The molecular formula is C38H41N2O6+. The molecule has 1 aliphatic heterocycles. The molecule has 2 N–H and O–H groups in total. The molecule has 0 spiro atoms. The average molecular weight is 622 g/mol. The lowest BCUT2D eigenvalue weighted by atomic mass is 9.96. The third kappa shape index (κ3) is 7.64. The number of urea groups is 1. The number of rotatable bonds is 8. The van der Waals surface area contributed by atoms with Crippen LogP contribution in [0.25, 0.3) is 11.1 Å². The monoisotopic (exact) mass is 621 g/mol.